The summed E-state index contributed by atoms with van der Waals surface area (Å²) in [5, 5.41) is 3.38. The van der Waals surface area contributed by atoms with Crippen LogP contribution in [0.5, 0.6) is 0 Å². The smallest absolute Gasteiger partial charge is 0.0600 e. The van der Waals surface area contributed by atoms with Gasteiger partial charge in [0.05, 0.1) is 13.2 Å². The molecule has 0 amide bonds. The Morgan fingerprint density at radius 1 is 1.07 bits per heavy atom. The van der Waals surface area contributed by atoms with Crippen LogP contribution in [0.4, 0.5) is 0 Å². The lowest BCUT2D eigenvalue weighted by Crippen LogP contribution is -2.38. The molecule has 0 rings (SSSR count). The highest BCUT2D eigenvalue weighted by Crippen LogP contribution is 2.03. The van der Waals surface area contributed by atoms with Gasteiger partial charge < -0.3 is 10.1 Å². The minimum atomic E-state index is 0.0109. The summed E-state index contributed by atoms with van der Waals surface area (Å²) in [4.78, 5) is 0. The number of nitrogens with one attached hydrogen (secondary N) is 2. The molecule has 88 valence electrons. The molecule has 0 aliphatic carbocycles. The van der Waals surface area contributed by atoms with Crippen LogP contribution in [0.2, 0.25) is 0 Å². The van der Waals surface area contributed by atoms with Crippen LogP contribution < -0.4 is 10.0 Å². The maximum absolute atomic E-state index is 5.46. The zero-order chi connectivity index (χ0) is 11.0. The van der Waals surface area contributed by atoms with Crippen molar-refractivity contribution in [1.29, 1.82) is 0 Å². The monoisotopic (exact) mass is 222 g/mol. The minimum absolute atomic E-state index is 0.0109. The van der Waals surface area contributed by atoms with Gasteiger partial charge in [0.15, 0.2) is 0 Å². The summed E-state index contributed by atoms with van der Waals surface area (Å²) in [5.74, 6) is 0. The van der Waals surface area contributed by atoms with E-state index in [0.717, 1.165) is 26.3 Å². The number of thiol groups is 1. The van der Waals surface area contributed by atoms with E-state index < -0.39 is 0 Å². The van der Waals surface area contributed by atoms with Crippen LogP contribution in [0, 0.1) is 0 Å². The van der Waals surface area contributed by atoms with Crippen LogP contribution in [-0.2, 0) is 4.74 Å². The topological polar surface area (TPSA) is 33.3 Å². The first-order chi connectivity index (χ1) is 6.42. The van der Waals surface area contributed by atoms with Crippen molar-refractivity contribution in [1.82, 2.24) is 10.0 Å². The number of rotatable bonds is 7. The van der Waals surface area contributed by atoms with Gasteiger partial charge >= 0.3 is 0 Å². The molecule has 4 heteroatoms. The fourth-order valence-electron chi connectivity index (χ4n) is 0.942. The molecule has 0 aliphatic heterocycles. The maximum atomic E-state index is 5.46. The van der Waals surface area contributed by atoms with E-state index in [-0.39, 0.29) is 16.6 Å². The maximum Gasteiger partial charge on any atom is 0.0600 e. The SMILES string of the molecule is C[SH](C)NCCOCCNC(C)(C)C. The van der Waals surface area contributed by atoms with E-state index in [1.165, 1.54) is 0 Å². The average Bonchev–Trinajstić information content (AvgIpc) is 2.00. The lowest BCUT2D eigenvalue weighted by Gasteiger charge is -2.20. The van der Waals surface area contributed by atoms with E-state index in [9.17, 15) is 0 Å². The van der Waals surface area contributed by atoms with Crippen molar-refractivity contribution in [2.24, 2.45) is 0 Å². The number of hydrogen-bond acceptors (Lipinski definition) is 3. The average molecular weight is 222 g/mol. The molecule has 0 radical (unpaired) electrons. The Balaban J connectivity index is 3.07. The van der Waals surface area contributed by atoms with E-state index in [4.69, 9.17) is 4.74 Å². The highest BCUT2D eigenvalue weighted by Gasteiger charge is 2.06. The highest BCUT2D eigenvalue weighted by molar-refractivity contribution is 8.14. The molecule has 0 saturated carbocycles. The standard InChI is InChI=1S/C10H26N2OS/c1-10(2,3)11-6-8-13-9-7-12-14(4)5/h11-12,14H,6-9H2,1-5H3. The predicted molar refractivity (Wildman–Crippen MR) is 67.4 cm³/mol. The molecule has 0 atom stereocenters. The summed E-state index contributed by atoms with van der Waals surface area (Å²) < 4.78 is 8.84. The molecule has 3 nitrogen and oxygen atoms in total. The molecule has 2 N–H and O–H groups in total. The molecular formula is C10H26N2OS. The van der Waals surface area contributed by atoms with Crippen LogP contribution >= 0.6 is 11.1 Å². The van der Waals surface area contributed by atoms with Crippen molar-refractivity contribution in [3.8, 4) is 0 Å². The van der Waals surface area contributed by atoms with Gasteiger partial charge in [-0.1, -0.05) is 0 Å². The Hall–Kier alpha value is 0.230. The van der Waals surface area contributed by atoms with Gasteiger partial charge in [0.1, 0.15) is 0 Å². The van der Waals surface area contributed by atoms with Crippen molar-refractivity contribution < 1.29 is 4.74 Å². The molecule has 0 aromatic rings. The van der Waals surface area contributed by atoms with Gasteiger partial charge in [0.25, 0.3) is 0 Å². The van der Waals surface area contributed by atoms with E-state index in [2.05, 4.69) is 43.3 Å². The van der Waals surface area contributed by atoms with E-state index >= 15 is 0 Å². The molecule has 0 saturated heterocycles. The second-order valence-corrected chi connectivity index (χ2v) is 6.70. The zero-order valence-electron chi connectivity index (χ0n) is 10.2. The summed E-state index contributed by atoms with van der Waals surface area (Å²) in [7, 11) is 0. The Labute approximate surface area is 91.5 Å². The summed E-state index contributed by atoms with van der Waals surface area (Å²) in [6.45, 7) is 9.99. The van der Waals surface area contributed by atoms with Gasteiger partial charge in [0.2, 0.25) is 0 Å². The van der Waals surface area contributed by atoms with Crippen LogP contribution in [0.1, 0.15) is 20.8 Å². The fraction of sp³-hybridized carbons (Fsp3) is 1.00. The fourth-order valence-corrected chi connectivity index (χ4v) is 1.48. The summed E-state index contributed by atoms with van der Waals surface area (Å²) in [5.41, 5.74) is 0.197. The largest absolute Gasteiger partial charge is 0.379 e. The molecule has 0 aromatic heterocycles. The Kier molecular flexibility index (Phi) is 7.64. The van der Waals surface area contributed by atoms with E-state index in [1.807, 2.05) is 0 Å². The minimum Gasteiger partial charge on any atom is -0.379 e. The van der Waals surface area contributed by atoms with Crippen molar-refractivity contribution in [2.75, 3.05) is 38.8 Å². The van der Waals surface area contributed by atoms with Crippen molar-refractivity contribution >= 4 is 11.1 Å². The quantitative estimate of drug-likeness (QED) is 0.446. The third-order valence-corrected chi connectivity index (χ3v) is 2.43. The second kappa shape index (κ2) is 7.51. The Morgan fingerprint density at radius 2 is 1.64 bits per heavy atom. The molecule has 0 spiro atoms. The zero-order valence-corrected chi connectivity index (χ0v) is 11.1. The van der Waals surface area contributed by atoms with Gasteiger partial charge in [-0.25, -0.2) is 11.1 Å². The van der Waals surface area contributed by atoms with Crippen molar-refractivity contribution in [3.63, 3.8) is 0 Å². The first kappa shape index (κ1) is 14.2. The third-order valence-electron chi connectivity index (χ3n) is 1.58. The third kappa shape index (κ3) is 12.2. The molecule has 0 fully saturated rings. The summed E-state index contributed by atoms with van der Waals surface area (Å²) in [6, 6.07) is 0. The van der Waals surface area contributed by atoms with E-state index in [0.29, 0.717) is 0 Å². The molecular weight excluding hydrogens is 196 g/mol. The molecule has 0 aromatic carbocycles. The Morgan fingerprint density at radius 3 is 2.14 bits per heavy atom. The molecule has 0 aliphatic rings. The van der Waals surface area contributed by atoms with Crippen LogP contribution in [-0.4, -0.2) is 44.4 Å². The highest BCUT2D eigenvalue weighted by atomic mass is 32.2. The predicted octanol–water partition coefficient (Wildman–Crippen LogP) is 1.16. The molecule has 0 unspecified atom stereocenters. The van der Waals surface area contributed by atoms with Gasteiger partial charge in [-0.05, 0) is 33.3 Å². The number of hydrogen-bond donors (Lipinski definition) is 3. The van der Waals surface area contributed by atoms with Crippen LogP contribution in [0.25, 0.3) is 0 Å². The molecule has 0 heterocycles. The second-order valence-electron chi connectivity index (χ2n) is 4.59. The summed E-state index contributed by atoms with van der Waals surface area (Å²) in [6.07, 6.45) is 4.41. The van der Waals surface area contributed by atoms with Gasteiger partial charge in [0, 0.05) is 18.6 Å². The molecule has 14 heavy (non-hydrogen) atoms. The van der Waals surface area contributed by atoms with E-state index in [1.54, 1.807) is 0 Å². The normalized spacial score (nSPS) is 13.1. The summed E-state index contributed by atoms with van der Waals surface area (Å²) >= 11 is 0.0109. The Bertz CT molecular complexity index is 135. The lowest BCUT2D eigenvalue weighted by atomic mass is 10.1. The molecule has 0 bridgehead atoms. The first-order valence-corrected chi connectivity index (χ1v) is 7.39. The first-order valence-electron chi connectivity index (χ1n) is 5.15. The lowest BCUT2D eigenvalue weighted by molar-refractivity contribution is 0.136. The van der Waals surface area contributed by atoms with Gasteiger partial charge in [-0.2, -0.15) is 0 Å². The van der Waals surface area contributed by atoms with Gasteiger partial charge in [-0.15, -0.1) is 0 Å². The van der Waals surface area contributed by atoms with Crippen LogP contribution in [0.3, 0.4) is 0 Å². The number of ether oxygens (including phenoxy) is 1. The van der Waals surface area contributed by atoms with Crippen molar-refractivity contribution in [2.45, 2.75) is 26.3 Å². The van der Waals surface area contributed by atoms with Gasteiger partial charge in [-0.3, -0.25) is 4.72 Å². The van der Waals surface area contributed by atoms with Crippen LogP contribution in [0.15, 0.2) is 0 Å². The van der Waals surface area contributed by atoms with Crippen molar-refractivity contribution in [3.05, 3.63) is 0 Å².